The van der Waals surface area contributed by atoms with Gasteiger partial charge in [-0.2, -0.15) is 0 Å². The Balaban J connectivity index is 2.01. The number of carbonyl (C=O) groups excluding carboxylic acids is 3. The third kappa shape index (κ3) is 2.32. The van der Waals surface area contributed by atoms with Gasteiger partial charge in [0.05, 0.1) is 17.7 Å². The van der Waals surface area contributed by atoms with Crippen LogP contribution in [0.1, 0.15) is 47.8 Å². The Labute approximate surface area is 128 Å². The number of benzene rings is 1. The molecule has 5 nitrogen and oxygen atoms in total. The van der Waals surface area contributed by atoms with Crippen LogP contribution in [0.5, 0.6) is 0 Å². The van der Waals surface area contributed by atoms with E-state index < -0.39 is 5.97 Å². The number of hydrogen-bond donors (Lipinski definition) is 0. The van der Waals surface area contributed by atoms with Gasteiger partial charge in [0, 0.05) is 12.2 Å². The van der Waals surface area contributed by atoms with Gasteiger partial charge in [0.1, 0.15) is 0 Å². The highest BCUT2D eigenvalue weighted by molar-refractivity contribution is 6.13. The maximum absolute atomic E-state index is 12.3. The Morgan fingerprint density at radius 1 is 1.23 bits per heavy atom. The second-order valence-corrected chi connectivity index (χ2v) is 5.77. The Morgan fingerprint density at radius 3 is 2.55 bits per heavy atom. The van der Waals surface area contributed by atoms with E-state index in [9.17, 15) is 14.4 Å². The van der Waals surface area contributed by atoms with Crippen LogP contribution in [0.2, 0.25) is 0 Å². The molecule has 114 valence electrons. The fourth-order valence-corrected chi connectivity index (χ4v) is 3.09. The molecule has 3 rings (SSSR count). The highest BCUT2D eigenvalue weighted by atomic mass is 16.5. The van der Waals surface area contributed by atoms with Crippen LogP contribution in [-0.2, 0) is 20.7 Å². The number of fused-ring (bicyclic) bond motifs is 1. The Bertz CT molecular complexity index is 672. The molecular weight excluding hydrogens is 282 g/mol. The van der Waals surface area contributed by atoms with Gasteiger partial charge < -0.3 is 4.74 Å². The lowest BCUT2D eigenvalue weighted by molar-refractivity contribution is -0.139. The lowest BCUT2D eigenvalue weighted by Gasteiger charge is -2.24. The summed E-state index contributed by atoms with van der Waals surface area (Å²) >= 11 is 0. The summed E-state index contributed by atoms with van der Waals surface area (Å²) in [6.45, 7) is 3.58. The lowest BCUT2D eigenvalue weighted by Crippen LogP contribution is -2.34. The van der Waals surface area contributed by atoms with Gasteiger partial charge in [-0.25, -0.2) is 4.79 Å². The van der Waals surface area contributed by atoms with Crippen molar-refractivity contribution in [1.82, 2.24) is 4.90 Å². The molecule has 1 heterocycles. The molecule has 1 aliphatic heterocycles. The minimum absolute atomic E-state index is 0.222. The molecule has 0 fully saturated rings. The van der Waals surface area contributed by atoms with E-state index in [1.807, 2.05) is 12.1 Å². The van der Waals surface area contributed by atoms with Gasteiger partial charge in [0.2, 0.25) is 0 Å². The zero-order valence-electron chi connectivity index (χ0n) is 12.5. The summed E-state index contributed by atoms with van der Waals surface area (Å²) in [5.41, 5.74) is 2.19. The van der Waals surface area contributed by atoms with Crippen molar-refractivity contribution in [3.63, 3.8) is 0 Å². The van der Waals surface area contributed by atoms with E-state index in [1.54, 1.807) is 19.9 Å². The van der Waals surface area contributed by atoms with Crippen molar-refractivity contribution in [1.29, 1.82) is 0 Å². The van der Waals surface area contributed by atoms with Crippen LogP contribution < -0.4 is 0 Å². The molecule has 1 atom stereocenters. The second kappa shape index (κ2) is 5.40. The number of ether oxygens (including phenoxy) is 1. The van der Waals surface area contributed by atoms with Crippen molar-refractivity contribution in [3.05, 3.63) is 47.0 Å². The first-order chi connectivity index (χ1) is 10.5. The first-order valence-electron chi connectivity index (χ1n) is 7.37. The number of aryl methyl sites for hydroxylation is 1. The normalized spacial score (nSPS) is 20.0. The molecular formula is C17H17NO4. The van der Waals surface area contributed by atoms with Gasteiger partial charge in [0.25, 0.3) is 11.8 Å². The van der Waals surface area contributed by atoms with E-state index in [2.05, 4.69) is 0 Å². The quantitative estimate of drug-likeness (QED) is 0.634. The smallest absolute Gasteiger partial charge is 0.338 e. The largest absolute Gasteiger partial charge is 0.459 e. The van der Waals surface area contributed by atoms with Crippen LogP contribution in [0.4, 0.5) is 0 Å². The average Bonchev–Trinajstić information content (AvgIpc) is 3.01. The third-order valence-electron chi connectivity index (χ3n) is 3.93. The number of imide groups is 1. The molecule has 0 spiro atoms. The minimum Gasteiger partial charge on any atom is -0.459 e. The summed E-state index contributed by atoms with van der Waals surface area (Å²) in [7, 11) is 0. The summed E-state index contributed by atoms with van der Waals surface area (Å²) in [4.78, 5) is 37.4. The second-order valence-electron chi connectivity index (χ2n) is 5.77. The zero-order chi connectivity index (χ0) is 15.9. The van der Waals surface area contributed by atoms with Gasteiger partial charge in [-0.15, -0.1) is 0 Å². The van der Waals surface area contributed by atoms with E-state index in [-0.39, 0.29) is 24.0 Å². The number of carbonyl (C=O) groups is 3. The van der Waals surface area contributed by atoms with Gasteiger partial charge >= 0.3 is 5.97 Å². The monoisotopic (exact) mass is 299 g/mol. The maximum atomic E-state index is 12.3. The Hall–Kier alpha value is -2.43. The minimum atomic E-state index is -0.411. The molecule has 0 bridgehead atoms. The van der Waals surface area contributed by atoms with Crippen molar-refractivity contribution in [2.45, 2.75) is 38.8 Å². The van der Waals surface area contributed by atoms with Crippen LogP contribution in [0.3, 0.4) is 0 Å². The molecule has 0 aromatic heterocycles. The third-order valence-corrected chi connectivity index (χ3v) is 3.93. The standard InChI is InChI=1S/C17H17NO4/c1-10(2)22-17(21)12-5-3-4-11-6-7-13(16(11)12)18-14(19)8-9-15(18)20/h3-5,8-10,13H,6-7H2,1-2H3/t13-/m0/s1. The predicted octanol–water partition coefficient (Wildman–Crippen LogP) is 2.16. The molecule has 0 N–H and O–H groups in total. The SMILES string of the molecule is CC(C)OC(=O)c1cccc2c1[C@@H](N1C(=O)C=CC1=O)CC2. The summed E-state index contributed by atoms with van der Waals surface area (Å²) in [5.74, 6) is -1.06. The Morgan fingerprint density at radius 2 is 1.91 bits per heavy atom. The topological polar surface area (TPSA) is 63.7 Å². The molecule has 1 aromatic rings. The average molecular weight is 299 g/mol. The van der Waals surface area contributed by atoms with Gasteiger partial charge in [0.15, 0.2) is 0 Å². The number of hydrogen-bond acceptors (Lipinski definition) is 4. The van der Waals surface area contributed by atoms with Crippen molar-refractivity contribution < 1.29 is 19.1 Å². The lowest BCUT2D eigenvalue weighted by atomic mass is 9.99. The predicted molar refractivity (Wildman–Crippen MR) is 79.0 cm³/mol. The summed E-state index contributed by atoms with van der Waals surface area (Å²) < 4.78 is 5.28. The first kappa shape index (κ1) is 14.5. The number of amides is 2. The number of rotatable bonds is 3. The van der Waals surface area contributed by atoms with Gasteiger partial charge in [-0.3, -0.25) is 14.5 Å². The van der Waals surface area contributed by atoms with Crippen LogP contribution in [0.25, 0.3) is 0 Å². The van der Waals surface area contributed by atoms with Crippen molar-refractivity contribution >= 4 is 17.8 Å². The number of nitrogens with zero attached hydrogens (tertiary/aromatic N) is 1. The van der Waals surface area contributed by atoms with Crippen LogP contribution in [-0.4, -0.2) is 28.8 Å². The molecule has 0 unspecified atom stereocenters. The molecule has 22 heavy (non-hydrogen) atoms. The molecule has 1 aliphatic carbocycles. The molecule has 1 aromatic carbocycles. The van der Waals surface area contributed by atoms with Gasteiger partial charge in [-0.05, 0) is 43.9 Å². The summed E-state index contributed by atoms with van der Waals surface area (Å²) in [5, 5.41) is 0. The first-order valence-corrected chi connectivity index (χ1v) is 7.37. The molecule has 0 saturated carbocycles. The molecule has 2 aliphatic rings. The highest BCUT2D eigenvalue weighted by Crippen LogP contribution is 2.39. The highest BCUT2D eigenvalue weighted by Gasteiger charge is 2.38. The van der Waals surface area contributed by atoms with E-state index in [4.69, 9.17) is 4.74 Å². The van der Waals surface area contributed by atoms with Crippen LogP contribution in [0, 0.1) is 0 Å². The molecule has 2 amide bonds. The summed E-state index contributed by atoms with van der Waals surface area (Å²) in [6, 6.07) is 5.05. The summed E-state index contributed by atoms with van der Waals surface area (Å²) in [6.07, 6.45) is 3.70. The Kier molecular flexibility index (Phi) is 3.56. The van der Waals surface area contributed by atoms with E-state index >= 15 is 0 Å². The van der Waals surface area contributed by atoms with Crippen LogP contribution >= 0.6 is 0 Å². The van der Waals surface area contributed by atoms with E-state index in [0.29, 0.717) is 12.0 Å². The fraction of sp³-hybridized carbons (Fsp3) is 0.353. The van der Waals surface area contributed by atoms with E-state index in [0.717, 1.165) is 17.5 Å². The fourth-order valence-electron chi connectivity index (χ4n) is 3.09. The van der Waals surface area contributed by atoms with Crippen LogP contribution in [0.15, 0.2) is 30.4 Å². The van der Waals surface area contributed by atoms with Gasteiger partial charge in [-0.1, -0.05) is 12.1 Å². The molecule has 0 saturated heterocycles. The van der Waals surface area contributed by atoms with Crippen molar-refractivity contribution in [2.24, 2.45) is 0 Å². The number of esters is 1. The van der Waals surface area contributed by atoms with Crippen molar-refractivity contribution in [2.75, 3.05) is 0 Å². The maximum Gasteiger partial charge on any atom is 0.338 e. The molecule has 5 heteroatoms. The van der Waals surface area contributed by atoms with E-state index in [1.165, 1.54) is 17.1 Å². The zero-order valence-corrected chi connectivity index (χ0v) is 12.5. The van der Waals surface area contributed by atoms with Crippen molar-refractivity contribution in [3.8, 4) is 0 Å². The molecule has 0 radical (unpaired) electrons.